The van der Waals surface area contributed by atoms with Crippen molar-refractivity contribution in [3.05, 3.63) is 105 Å². The smallest absolute Gasteiger partial charge is 0.269 e. The molecular formula is C27H21FN4O3. The predicted molar refractivity (Wildman–Crippen MR) is 131 cm³/mol. The zero-order chi connectivity index (χ0) is 25.1. The van der Waals surface area contributed by atoms with Gasteiger partial charge in [0.1, 0.15) is 34.4 Å². The molecule has 0 aliphatic heterocycles. The van der Waals surface area contributed by atoms with Crippen LogP contribution in [-0.2, 0) is 4.79 Å². The maximum absolute atomic E-state index is 13.4. The number of carbonyl (C=O) groups excluding carboxylic acids is 1. The highest BCUT2D eigenvalue weighted by Gasteiger charge is 2.19. The summed E-state index contributed by atoms with van der Waals surface area (Å²) >= 11 is 0. The van der Waals surface area contributed by atoms with Crippen LogP contribution in [0, 0.1) is 37.9 Å². The molecule has 0 aliphatic rings. The lowest BCUT2D eigenvalue weighted by molar-refractivity contribution is -0.112. The molecular weight excluding hydrogens is 447 g/mol. The van der Waals surface area contributed by atoms with E-state index in [1.807, 2.05) is 45.0 Å². The molecule has 174 valence electrons. The van der Waals surface area contributed by atoms with Gasteiger partial charge in [0.2, 0.25) is 5.88 Å². The maximum Gasteiger partial charge on any atom is 0.269 e. The molecule has 1 amide bonds. The Labute approximate surface area is 200 Å². The Hall–Kier alpha value is -4.77. The van der Waals surface area contributed by atoms with E-state index in [0.717, 1.165) is 22.8 Å². The number of nitriles is 1. The molecule has 1 N–H and O–H groups in total. The Morgan fingerprint density at radius 2 is 1.80 bits per heavy atom. The fourth-order valence-electron chi connectivity index (χ4n) is 3.46. The van der Waals surface area contributed by atoms with Crippen molar-refractivity contribution in [1.82, 2.24) is 9.38 Å². The largest absolute Gasteiger partial charge is 0.438 e. The predicted octanol–water partition coefficient (Wildman–Crippen LogP) is 5.10. The fraction of sp³-hybridized carbons (Fsp3) is 0.111. The third-order valence-corrected chi connectivity index (χ3v) is 5.57. The standard InChI is InChI=1S/C27H21FN4O3/c1-16-6-4-8-23(18(16)3)35-26-22(27(34)32-13-5-7-17(2)24(32)31-26)14-19(15-29)25(33)30-21-11-9-20(28)10-12-21/h4-14H,1-3H3,(H,30,33)/b19-14-. The van der Waals surface area contributed by atoms with Crippen LogP contribution >= 0.6 is 0 Å². The summed E-state index contributed by atoms with van der Waals surface area (Å²) in [6.45, 7) is 5.63. The van der Waals surface area contributed by atoms with Gasteiger partial charge in [-0.1, -0.05) is 18.2 Å². The van der Waals surface area contributed by atoms with Crippen molar-refractivity contribution in [3.63, 3.8) is 0 Å². The molecule has 0 saturated carbocycles. The highest BCUT2D eigenvalue weighted by atomic mass is 19.1. The number of anilines is 1. The number of nitrogens with zero attached hydrogens (tertiary/aromatic N) is 3. The summed E-state index contributed by atoms with van der Waals surface area (Å²) in [6.07, 6.45) is 2.71. The number of nitrogens with one attached hydrogen (secondary N) is 1. The summed E-state index contributed by atoms with van der Waals surface area (Å²) in [5, 5.41) is 12.2. The van der Waals surface area contributed by atoms with Crippen LogP contribution < -0.4 is 15.6 Å². The van der Waals surface area contributed by atoms with E-state index in [1.54, 1.807) is 18.3 Å². The van der Waals surface area contributed by atoms with E-state index in [2.05, 4.69) is 10.3 Å². The number of rotatable bonds is 5. The Balaban J connectivity index is 1.85. The number of carbonyl (C=O) groups is 1. The lowest BCUT2D eigenvalue weighted by Crippen LogP contribution is -2.21. The quantitative estimate of drug-likeness (QED) is 0.325. The van der Waals surface area contributed by atoms with Gasteiger partial charge in [0.15, 0.2) is 0 Å². The number of benzene rings is 2. The number of hydrogen-bond acceptors (Lipinski definition) is 5. The van der Waals surface area contributed by atoms with Crippen molar-refractivity contribution >= 4 is 23.3 Å². The van der Waals surface area contributed by atoms with E-state index in [0.29, 0.717) is 17.1 Å². The second-order valence-electron chi connectivity index (χ2n) is 7.95. The first kappa shape index (κ1) is 23.4. The fourth-order valence-corrected chi connectivity index (χ4v) is 3.46. The van der Waals surface area contributed by atoms with Crippen LogP contribution in [0.15, 0.2) is 71.2 Å². The van der Waals surface area contributed by atoms with Gasteiger partial charge < -0.3 is 10.1 Å². The number of pyridine rings is 1. The van der Waals surface area contributed by atoms with Crippen molar-refractivity contribution in [2.75, 3.05) is 5.32 Å². The first-order valence-electron chi connectivity index (χ1n) is 10.7. The summed E-state index contributed by atoms with van der Waals surface area (Å²) in [4.78, 5) is 30.7. The molecule has 0 spiro atoms. The number of aryl methyl sites for hydroxylation is 2. The van der Waals surface area contributed by atoms with Crippen molar-refractivity contribution in [1.29, 1.82) is 5.26 Å². The number of aromatic nitrogens is 2. The third-order valence-electron chi connectivity index (χ3n) is 5.57. The van der Waals surface area contributed by atoms with Crippen LogP contribution in [0.4, 0.5) is 10.1 Å². The molecule has 0 atom stereocenters. The second kappa shape index (κ2) is 9.61. The maximum atomic E-state index is 13.4. The van der Waals surface area contributed by atoms with E-state index < -0.39 is 17.3 Å². The molecule has 8 heteroatoms. The molecule has 2 aromatic carbocycles. The van der Waals surface area contributed by atoms with Gasteiger partial charge in [-0.05, 0) is 79.9 Å². The monoisotopic (exact) mass is 468 g/mol. The molecule has 0 aliphatic carbocycles. The molecule has 0 unspecified atom stereocenters. The van der Waals surface area contributed by atoms with Gasteiger partial charge in [0.25, 0.3) is 11.5 Å². The first-order valence-corrected chi connectivity index (χ1v) is 10.7. The number of ether oxygens (including phenoxy) is 1. The van der Waals surface area contributed by atoms with E-state index in [1.165, 1.54) is 28.7 Å². The number of hydrogen-bond donors (Lipinski definition) is 1. The van der Waals surface area contributed by atoms with Crippen molar-refractivity contribution in [2.45, 2.75) is 20.8 Å². The number of halogens is 1. The first-order chi connectivity index (χ1) is 16.8. The lowest BCUT2D eigenvalue weighted by atomic mass is 10.1. The topological polar surface area (TPSA) is 96.5 Å². The lowest BCUT2D eigenvalue weighted by Gasteiger charge is -2.14. The molecule has 35 heavy (non-hydrogen) atoms. The molecule has 7 nitrogen and oxygen atoms in total. The molecule has 4 aromatic rings. The molecule has 0 saturated heterocycles. The summed E-state index contributed by atoms with van der Waals surface area (Å²) < 4.78 is 20.6. The average Bonchev–Trinajstić information content (AvgIpc) is 2.84. The number of fused-ring (bicyclic) bond motifs is 1. The zero-order valence-electron chi connectivity index (χ0n) is 19.3. The molecule has 0 radical (unpaired) electrons. The van der Waals surface area contributed by atoms with E-state index in [4.69, 9.17) is 4.74 Å². The average molecular weight is 468 g/mol. The van der Waals surface area contributed by atoms with Crippen molar-refractivity contribution < 1.29 is 13.9 Å². The summed E-state index contributed by atoms with van der Waals surface area (Å²) in [5.41, 5.74) is 2.40. The Morgan fingerprint density at radius 3 is 2.51 bits per heavy atom. The van der Waals surface area contributed by atoms with Gasteiger partial charge in [0.05, 0.1) is 0 Å². The Morgan fingerprint density at radius 1 is 1.09 bits per heavy atom. The van der Waals surface area contributed by atoms with E-state index in [-0.39, 0.29) is 17.0 Å². The highest BCUT2D eigenvalue weighted by Crippen LogP contribution is 2.28. The van der Waals surface area contributed by atoms with Crippen LogP contribution in [0.3, 0.4) is 0 Å². The molecule has 0 bridgehead atoms. The van der Waals surface area contributed by atoms with Gasteiger partial charge in [0, 0.05) is 11.9 Å². The van der Waals surface area contributed by atoms with Crippen LogP contribution in [-0.4, -0.2) is 15.3 Å². The molecule has 2 aromatic heterocycles. The SMILES string of the molecule is Cc1cccc(Oc2nc3c(C)cccn3c(=O)c2/C=C(/C#N)C(=O)Nc2ccc(F)cc2)c1C. The highest BCUT2D eigenvalue weighted by molar-refractivity contribution is 6.09. The van der Waals surface area contributed by atoms with Gasteiger partial charge in [-0.15, -0.1) is 0 Å². The Kier molecular flexibility index (Phi) is 6.42. The number of amides is 1. The van der Waals surface area contributed by atoms with Crippen LogP contribution in [0.2, 0.25) is 0 Å². The Bertz CT molecular complexity index is 1580. The minimum atomic E-state index is -0.759. The second-order valence-corrected chi connectivity index (χ2v) is 7.95. The normalized spacial score (nSPS) is 11.2. The van der Waals surface area contributed by atoms with Crippen LogP contribution in [0.25, 0.3) is 11.7 Å². The van der Waals surface area contributed by atoms with Crippen molar-refractivity contribution in [3.8, 4) is 17.7 Å². The van der Waals surface area contributed by atoms with E-state index in [9.17, 15) is 19.2 Å². The summed E-state index contributed by atoms with van der Waals surface area (Å²) in [5.74, 6) is -0.748. The summed E-state index contributed by atoms with van der Waals surface area (Å²) in [7, 11) is 0. The van der Waals surface area contributed by atoms with Crippen LogP contribution in [0.5, 0.6) is 11.6 Å². The van der Waals surface area contributed by atoms with Gasteiger partial charge >= 0.3 is 0 Å². The minimum absolute atomic E-state index is 0.0275. The van der Waals surface area contributed by atoms with Crippen LogP contribution in [0.1, 0.15) is 22.3 Å². The molecule has 0 fully saturated rings. The molecule has 2 heterocycles. The third kappa shape index (κ3) is 4.80. The zero-order valence-corrected chi connectivity index (χ0v) is 19.3. The van der Waals surface area contributed by atoms with Gasteiger partial charge in [-0.3, -0.25) is 14.0 Å². The van der Waals surface area contributed by atoms with E-state index >= 15 is 0 Å². The minimum Gasteiger partial charge on any atom is -0.438 e. The summed E-state index contributed by atoms with van der Waals surface area (Å²) in [6, 6.07) is 16.0. The van der Waals surface area contributed by atoms with Gasteiger partial charge in [-0.2, -0.15) is 10.2 Å². The van der Waals surface area contributed by atoms with Gasteiger partial charge in [-0.25, -0.2) is 4.39 Å². The van der Waals surface area contributed by atoms with Crippen molar-refractivity contribution in [2.24, 2.45) is 0 Å². The molecule has 4 rings (SSSR count).